The molecule has 112 valence electrons. The van der Waals surface area contributed by atoms with Gasteiger partial charge in [0.2, 0.25) is 5.60 Å². The van der Waals surface area contributed by atoms with Crippen LogP contribution in [0.4, 0.5) is 5.69 Å². The zero-order chi connectivity index (χ0) is 15.6. The third-order valence-corrected chi connectivity index (χ3v) is 3.89. The van der Waals surface area contributed by atoms with Gasteiger partial charge < -0.3 is 10.2 Å². The molecule has 0 spiro atoms. The van der Waals surface area contributed by atoms with E-state index >= 15 is 0 Å². The first kappa shape index (κ1) is 14.6. The van der Waals surface area contributed by atoms with Gasteiger partial charge in [-0.2, -0.15) is 0 Å². The summed E-state index contributed by atoms with van der Waals surface area (Å²) in [5, 5.41) is 7.49. The molecule has 22 heavy (non-hydrogen) atoms. The number of para-hydroxylation sites is 1. The van der Waals surface area contributed by atoms with Crippen molar-refractivity contribution >= 4 is 28.9 Å². The Labute approximate surface area is 133 Å². The van der Waals surface area contributed by atoms with Crippen LogP contribution in [-0.2, 0) is 9.63 Å². The van der Waals surface area contributed by atoms with Crippen LogP contribution in [0.2, 0.25) is 5.02 Å². The minimum absolute atomic E-state index is 0.232. The van der Waals surface area contributed by atoms with Crippen LogP contribution in [0.15, 0.2) is 59.8 Å². The molecule has 0 fully saturated rings. The molecule has 0 aliphatic carbocycles. The van der Waals surface area contributed by atoms with Crippen LogP contribution in [0.25, 0.3) is 0 Å². The highest BCUT2D eigenvalue weighted by Gasteiger charge is 2.42. The van der Waals surface area contributed by atoms with Gasteiger partial charge in [0, 0.05) is 22.7 Å². The SMILES string of the molecule is C[C@@]1(C(=O)Nc2ccccc2)CC(c2ccccc2Cl)=NO1. The number of carbonyl (C=O) groups is 1. The molecule has 5 heteroatoms. The Morgan fingerprint density at radius 1 is 1.18 bits per heavy atom. The zero-order valence-electron chi connectivity index (χ0n) is 12.0. The van der Waals surface area contributed by atoms with E-state index in [1.807, 2.05) is 48.5 Å². The lowest BCUT2D eigenvalue weighted by Crippen LogP contribution is -2.40. The summed E-state index contributed by atoms with van der Waals surface area (Å²) in [6.45, 7) is 1.72. The van der Waals surface area contributed by atoms with Crippen molar-refractivity contribution < 1.29 is 9.63 Å². The number of rotatable bonds is 3. The molecule has 0 unspecified atom stereocenters. The predicted octanol–water partition coefficient (Wildman–Crippen LogP) is 3.86. The number of amides is 1. The number of halogens is 1. The molecular formula is C17H15ClN2O2. The molecule has 1 aliphatic heterocycles. The van der Waals surface area contributed by atoms with Gasteiger partial charge in [-0.25, -0.2) is 0 Å². The molecule has 2 aromatic carbocycles. The number of anilines is 1. The Morgan fingerprint density at radius 3 is 2.59 bits per heavy atom. The van der Waals surface area contributed by atoms with Crippen LogP contribution in [0.5, 0.6) is 0 Å². The predicted molar refractivity (Wildman–Crippen MR) is 87.2 cm³/mol. The van der Waals surface area contributed by atoms with E-state index in [1.165, 1.54) is 0 Å². The zero-order valence-corrected chi connectivity index (χ0v) is 12.8. The lowest BCUT2D eigenvalue weighted by Gasteiger charge is -2.20. The molecule has 0 saturated heterocycles. The smallest absolute Gasteiger partial charge is 0.271 e. The highest BCUT2D eigenvalue weighted by molar-refractivity contribution is 6.34. The van der Waals surface area contributed by atoms with Crippen molar-refractivity contribution in [2.45, 2.75) is 18.9 Å². The van der Waals surface area contributed by atoms with E-state index in [1.54, 1.807) is 13.0 Å². The fraction of sp³-hybridized carbons (Fsp3) is 0.176. The molecule has 0 bridgehead atoms. The Hall–Kier alpha value is -2.33. The molecular weight excluding hydrogens is 300 g/mol. The number of benzene rings is 2. The first-order valence-corrected chi connectivity index (χ1v) is 7.33. The number of carbonyl (C=O) groups excluding carboxylic acids is 1. The van der Waals surface area contributed by atoms with Crippen molar-refractivity contribution in [1.29, 1.82) is 0 Å². The molecule has 2 aromatic rings. The highest BCUT2D eigenvalue weighted by atomic mass is 35.5. The van der Waals surface area contributed by atoms with Gasteiger partial charge in [0.05, 0.1) is 5.71 Å². The van der Waals surface area contributed by atoms with E-state index in [-0.39, 0.29) is 5.91 Å². The Balaban J connectivity index is 1.74. The number of oxime groups is 1. The Morgan fingerprint density at radius 2 is 1.86 bits per heavy atom. The minimum Gasteiger partial charge on any atom is -0.379 e. The molecule has 0 radical (unpaired) electrons. The minimum atomic E-state index is -1.04. The van der Waals surface area contributed by atoms with Crippen LogP contribution in [-0.4, -0.2) is 17.2 Å². The number of nitrogens with one attached hydrogen (secondary N) is 1. The van der Waals surface area contributed by atoms with E-state index < -0.39 is 5.60 Å². The molecule has 0 saturated carbocycles. The Bertz CT molecular complexity index is 730. The third kappa shape index (κ3) is 2.83. The average molecular weight is 315 g/mol. The molecule has 1 heterocycles. The normalized spacial score (nSPS) is 20.2. The summed E-state index contributed by atoms with van der Waals surface area (Å²) in [6, 6.07) is 16.6. The summed E-state index contributed by atoms with van der Waals surface area (Å²) >= 11 is 6.17. The van der Waals surface area contributed by atoms with Gasteiger partial charge in [0.1, 0.15) is 0 Å². The summed E-state index contributed by atoms with van der Waals surface area (Å²) < 4.78 is 0. The largest absolute Gasteiger partial charge is 0.379 e. The molecule has 1 N–H and O–H groups in total. The van der Waals surface area contributed by atoms with Gasteiger partial charge >= 0.3 is 0 Å². The van der Waals surface area contributed by atoms with Gasteiger partial charge in [0.25, 0.3) is 5.91 Å². The summed E-state index contributed by atoms with van der Waals surface area (Å²) in [6.07, 6.45) is 0.370. The van der Waals surface area contributed by atoms with E-state index in [2.05, 4.69) is 10.5 Å². The summed E-state index contributed by atoms with van der Waals surface area (Å²) in [7, 11) is 0. The van der Waals surface area contributed by atoms with Crippen molar-refractivity contribution in [1.82, 2.24) is 0 Å². The molecule has 0 aromatic heterocycles. The number of hydrogen-bond acceptors (Lipinski definition) is 3. The van der Waals surface area contributed by atoms with E-state index in [0.29, 0.717) is 17.2 Å². The van der Waals surface area contributed by atoms with Crippen molar-refractivity contribution in [3.63, 3.8) is 0 Å². The number of nitrogens with zero attached hydrogens (tertiary/aromatic N) is 1. The molecule has 3 rings (SSSR count). The maximum absolute atomic E-state index is 12.5. The van der Waals surface area contributed by atoms with Crippen LogP contribution in [0.3, 0.4) is 0 Å². The second kappa shape index (κ2) is 5.81. The lowest BCUT2D eigenvalue weighted by molar-refractivity contribution is -0.135. The first-order valence-electron chi connectivity index (χ1n) is 6.95. The van der Waals surface area contributed by atoms with Crippen molar-refractivity contribution in [2.75, 3.05) is 5.32 Å². The Kier molecular flexibility index (Phi) is 3.86. The number of hydrogen-bond donors (Lipinski definition) is 1. The van der Waals surface area contributed by atoms with E-state index in [4.69, 9.17) is 16.4 Å². The van der Waals surface area contributed by atoms with Crippen LogP contribution >= 0.6 is 11.6 Å². The molecule has 1 atom stereocenters. The fourth-order valence-electron chi connectivity index (χ4n) is 2.29. The van der Waals surface area contributed by atoms with Crippen LogP contribution in [0.1, 0.15) is 18.9 Å². The molecule has 1 aliphatic rings. The third-order valence-electron chi connectivity index (χ3n) is 3.56. The van der Waals surface area contributed by atoms with Gasteiger partial charge in [-0.1, -0.05) is 53.2 Å². The first-order chi connectivity index (χ1) is 10.6. The lowest BCUT2D eigenvalue weighted by atomic mass is 9.95. The van der Waals surface area contributed by atoms with Crippen LogP contribution < -0.4 is 5.32 Å². The average Bonchev–Trinajstić information content (AvgIpc) is 2.92. The van der Waals surface area contributed by atoms with Gasteiger partial charge in [-0.15, -0.1) is 0 Å². The van der Waals surface area contributed by atoms with E-state index in [9.17, 15) is 4.79 Å². The topological polar surface area (TPSA) is 50.7 Å². The second-order valence-electron chi connectivity index (χ2n) is 5.34. The maximum atomic E-state index is 12.5. The second-order valence-corrected chi connectivity index (χ2v) is 5.74. The molecule has 1 amide bonds. The summed E-state index contributed by atoms with van der Waals surface area (Å²) in [5.74, 6) is -0.232. The van der Waals surface area contributed by atoms with Crippen molar-refractivity contribution in [2.24, 2.45) is 5.16 Å². The van der Waals surface area contributed by atoms with Crippen molar-refractivity contribution in [3.05, 3.63) is 65.2 Å². The monoisotopic (exact) mass is 314 g/mol. The summed E-state index contributed by atoms with van der Waals surface area (Å²) in [4.78, 5) is 17.9. The van der Waals surface area contributed by atoms with Crippen molar-refractivity contribution in [3.8, 4) is 0 Å². The standard InChI is InChI=1S/C17H15ClN2O2/c1-17(16(21)19-12-7-3-2-4-8-12)11-15(20-22-17)13-9-5-6-10-14(13)18/h2-10H,11H2,1H3,(H,19,21)/t17-/m0/s1. The summed E-state index contributed by atoms with van der Waals surface area (Å²) in [5.41, 5.74) is 1.16. The fourth-order valence-corrected chi connectivity index (χ4v) is 2.53. The maximum Gasteiger partial charge on any atom is 0.271 e. The van der Waals surface area contributed by atoms with Gasteiger partial charge in [0.15, 0.2) is 0 Å². The van der Waals surface area contributed by atoms with Gasteiger partial charge in [-0.05, 0) is 25.1 Å². The van der Waals surface area contributed by atoms with Gasteiger partial charge in [-0.3, -0.25) is 4.79 Å². The van der Waals surface area contributed by atoms with E-state index in [0.717, 1.165) is 11.3 Å². The quantitative estimate of drug-likeness (QED) is 0.935. The van der Waals surface area contributed by atoms with Crippen LogP contribution in [0, 0.1) is 0 Å². The highest BCUT2D eigenvalue weighted by Crippen LogP contribution is 2.30. The molecule has 4 nitrogen and oxygen atoms in total.